The van der Waals surface area contributed by atoms with Crippen LogP contribution in [0.15, 0.2) is 47.4 Å². The Kier molecular flexibility index (Phi) is 11.1. The molecule has 1 atom stereocenters. The molecule has 1 N–H and O–H groups in total. The van der Waals surface area contributed by atoms with E-state index < -0.39 is 21.3 Å². The summed E-state index contributed by atoms with van der Waals surface area (Å²) in [6.07, 6.45) is 6.16. The van der Waals surface area contributed by atoms with Crippen LogP contribution in [0.2, 0.25) is 0 Å². The Bertz CT molecular complexity index is 1340. The smallest absolute Gasteiger partial charge is 0.410 e. The van der Waals surface area contributed by atoms with E-state index >= 15 is 0 Å². The van der Waals surface area contributed by atoms with Crippen LogP contribution in [-0.4, -0.2) is 57.0 Å². The molecule has 0 radical (unpaired) electrons. The Balaban J connectivity index is 1.05. The van der Waals surface area contributed by atoms with E-state index in [0.29, 0.717) is 31.2 Å². The predicted molar refractivity (Wildman–Crippen MR) is 165 cm³/mol. The molecule has 0 unspecified atom stereocenters. The molecule has 0 aliphatic carbocycles. The molecule has 2 aliphatic heterocycles. The molecule has 4 rings (SSSR count). The van der Waals surface area contributed by atoms with Crippen molar-refractivity contribution in [2.24, 2.45) is 0 Å². The third-order valence-corrected chi connectivity index (χ3v) is 9.15. The lowest BCUT2D eigenvalue weighted by atomic mass is 10.0. The standard InChI is InChI=1S/C33H48N2O7S/c1-32(2,3)34-43(37,38)28-15-12-14-25(21-28)13-8-11-20-39-19-10-7-6-9-18-35-23-30(41-31(35)36)26-16-17-29-27(22-26)24-40-33(4,5)42-29/h12,14-17,21-22,30,34H,6-11,13,18-20,23-24H2,1-5H3/t30-/m0/s1. The summed E-state index contributed by atoms with van der Waals surface area (Å²) in [5.41, 5.74) is 2.43. The largest absolute Gasteiger partial charge is 0.463 e. The van der Waals surface area contributed by atoms with Gasteiger partial charge in [0.2, 0.25) is 15.8 Å². The Hall–Kier alpha value is -2.66. The highest BCUT2D eigenvalue weighted by atomic mass is 32.2. The maximum absolute atomic E-state index is 12.6. The minimum Gasteiger partial charge on any atom is -0.463 e. The number of sulfonamides is 1. The number of carbonyl (C=O) groups is 1. The molecule has 0 spiro atoms. The van der Waals surface area contributed by atoms with Crippen molar-refractivity contribution in [2.75, 3.05) is 26.3 Å². The van der Waals surface area contributed by atoms with Gasteiger partial charge in [-0.3, -0.25) is 0 Å². The third kappa shape index (κ3) is 10.2. The second-order valence-electron chi connectivity index (χ2n) is 13.0. The lowest BCUT2D eigenvalue weighted by Crippen LogP contribution is -2.40. The van der Waals surface area contributed by atoms with Crippen molar-refractivity contribution in [3.63, 3.8) is 0 Å². The van der Waals surface area contributed by atoms with Gasteiger partial charge in [0.15, 0.2) is 0 Å². The van der Waals surface area contributed by atoms with E-state index in [9.17, 15) is 13.2 Å². The van der Waals surface area contributed by atoms with Crippen LogP contribution in [0.5, 0.6) is 5.75 Å². The molecule has 1 saturated heterocycles. The van der Waals surface area contributed by atoms with E-state index in [-0.39, 0.29) is 12.2 Å². The van der Waals surface area contributed by atoms with Gasteiger partial charge in [0, 0.05) is 44.7 Å². The van der Waals surface area contributed by atoms with Crippen LogP contribution >= 0.6 is 0 Å². The fourth-order valence-electron chi connectivity index (χ4n) is 5.25. The van der Waals surface area contributed by atoms with Crippen molar-refractivity contribution in [3.05, 3.63) is 59.2 Å². The predicted octanol–water partition coefficient (Wildman–Crippen LogP) is 6.50. The molecular weight excluding hydrogens is 568 g/mol. The number of hydrogen-bond acceptors (Lipinski definition) is 7. The monoisotopic (exact) mass is 616 g/mol. The van der Waals surface area contributed by atoms with Crippen LogP contribution in [0.3, 0.4) is 0 Å². The first kappa shape index (κ1) is 33.2. The van der Waals surface area contributed by atoms with E-state index in [0.717, 1.165) is 74.0 Å². The maximum Gasteiger partial charge on any atom is 0.410 e. The summed E-state index contributed by atoms with van der Waals surface area (Å²) in [5, 5.41) is 0. The molecule has 0 bridgehead atoms. The van der Waals surface area contributed by atoms with Crippen molar-refractivity contribution < 1.29 is 32.2 Å². The summed E-state index contributed by atoms with van der Waals surface area (Å²) in [7, 11) is -3.53. The average Bonchev–Trinajstić information content (AvgIpc) is 3.30. The van der Waals surface area contributed by atoms with Crippen molar-refractivity contribution in [1.29, 1.82) is 0 Å². The maximum atomic E-state index is 12.6. The van der Waals surface area contributed by atoms with Crippen LogP contribution in [0.4, 0.5) is 4.79 Å². The van der Waals surface area contributed by atoms with Crippen LogP contribution in [0.25, 0.3) is 0 Å². The van der Waals surface area contributed by atoms with Crippen LogP contribution in [0, 0.1) is 0 Å². The van der Waals surface area contributed by atoms with Gasteiger partial charge in [0.1, 0.15) is 11.9 Å². The fourth-order valence-corrected chi connectivity index (χ4v) is 6.74. The minimum absolute atomic E-state index is 0.255. The third-order valence-electron chi connectivity index (χ3n) is 7.39. The number of benzene rings is 2. The Labute approximate surface area is 257 Å². The minimum atomic E-state index is -3.53. The molecule has 1 amide bonds. The first-order valence-electron chi connectivity index (χ1n) is 15.4. The van der Waals surface area contributed by atoms with Gasteiger partial charge < -0.3 is 23.8 Å². The zero-order valence-electron chi connectivity index (χ0n) is 26.3. The number of hydrogen-bond donors (Lipinski definition) is 1. The topological polar surface area (TPSA) is 103 Å². The van der Waals surface area contributed by atoms with E-state index in [1.807, 2.05) is 58.9 Å². The summed E-state index contributed by atoms with van der Waals surface area (Å²) in [6.45, 7) is 12.4. The molecule has 2 heterocycles. The molecule has 0 saturated carbocycles. The van der Waals surface area contributed by atoms with Crippen LogP contribution < -0.4 is 9.46 Å². The van der Waals surface area contributed by atoms with Gasteiger partial charge in [-0.15, -0.1) is 0 Å². The molecule has 0 aromatic heterocycles. The quantitative estimate of drug-likeness (QED) is 0.228. The van der Waals surface area contributed by atoms with Crippen LogP contribution in [0.1, 0.15) is 95.9 Å². The van der Waals surface area contributed by atoms with Gasteiger partial charge in [-0.2, -0.15) is 0 Å². The van der Waals surface area contributed by atoms with Gasteiger partial charge in [0.05, 0.1) is 18.0 Å². The first-order chi connectivity index (χ1) is 20.3. The highest BCUT2D eigenvalue weighted by Gasteiger charge is 2.33. The van der Waals surface area contributed by atoms with E-state index in [1.165, 1.54) is 0 Å². The van der Waals surface area contributed by atoms with Gasteiger partial charge in [-0.25, -0.2) is 17.9 Å². The summed E-state index contributed by atoms with van der Waals surface area (Å²) >= 11 is 0. The zero-order chi connectivity index (χ0) is 31.1. The normalized spacial score (nSPS) is 18.3. The second-order valence-corrected chi connectivity index (χ2v) is 14.6. The fraction of sp³-hybridized carbons (Fsp3) is 0.606. The summed E-state index contributed by atoms with van der Waals surface area (Å²) < 4.78 is 50.9. The number of aryl methyl sites for hydroxylation is 1. The summed E-state index contributed by atoms with van der Waals surface area (Å²) in [6, 6.07) is 13.1. The number of unbranched alkanes of at least 4 members (excludes halogenated alkanes) is 4. The highest BCUT2D eigenvalue weighted by molar-refractivity contribution is 7.89. The van der Waals surface area contributed by atoms with Crippen molar-refractivity contribution in [1.82, 2.24) is 9.62 Å². The van der Waals surface area contributed by atoms with Gasteiger partial charge in [-0.05, 0) is 88.3 Å². The Morgan fingerprint density at radius 1 is 1.00 bits per heavy atom. The molecule has 10 heteroatoms. The molecule has 2 aromatic rings. The number of fused-ring (bicyclic) bond motifs is 1. The summed E-state index contributed by atoms with van der Waals surface area (Å²) in [5.74, 6) is 0.182. The summed E-state index contributed by atoms with van der Waals surface area (Å²) in [4.78, 5) is 14.5. The van der Waals surface area contributed by atoms with E-state index in [4.69, 9.17) is 18.9 Å². The molecular formula is C33H48N2O7S. The number of ether oxygens (including phenoxy) is 4. The molecule has 2 aromatic carbocycles. The molecule has 238 valence electrons. The molecule has 1 fully saturated rings. The Morgan fingerprint density at radius 2 is 1.74 bits per heavy atom. The molecule has 2 aliphatic rings. The van der Waals surface area contributed by atoms with E-state index in [2.05, 4.69) is 4.72 Å². The van der Waals surface area contributed by atoms with Gasteiger partial charge >= 0.3 is 6.09 Å². The zero-order valence-corrected chi connectivity index (χ0v) is 27.1. The number of nitrogens with zero attached hydrogens (tertiary/aromatic N) is 1. The number of nitrogens with one attached hydrogen (secondary N) is 1. The molecule has 43 heavy (non-hydrogen) atoms. The lowest BCUT2D eigenvalue weighted by Gasteiger charge is -2.32. The van der Waals surface area contributed by atoms with Gasteiger partial charge in [-0.1, -0.05) is 31.0 Å². The van der Waals surface area contributed by atoms with Crippen LogP contribution in [-0.2, 0) is 37.3 Å². The highest BCUT2D eigenvalue weighted by Crippen LogP contribution is 2.35. The first-order valence-corrected chi connectivity index (χ1v) is 16.9. The SMILES string of the molecule is CC(C)(C)NS(=O)(=O)c1cccc(CCCCOCCCCCCN2C[C@@H](c3ccc4c(c3)COC(C)(C)O4)OC2=O)c1. The van der Waals surface area contributed by atoms with E-state index in [1.54, 1.807) is 23.1 Å². The van der Waals surface area contributed by atoms with Crippen molar-refractivity contribution >= 4 is 16.1 Å². The van der Waals surface area contributed by atoms with Crippen molar-refractivity contribution in [2.45, 2.75) is 108 Å². The lowest BCUT2D eigenvalue weighted by molar-refractivity contribution is -0.180. The number of rotatable bonds is 15. The Morgan fingerprint density at radius 3 is 2.51 bits per heavy atom. The van der Waals surface area contributed by atoms with Crippen molar-refractivity contribution in [3.8, 4) is 5.75 Å². The number of amides is 1. The average molecular weight is 617 g/mol. The second kappa shape index (κ2) is 14.4. The van der Waals surface area contributed by atoms with Gasteiger partial charge in [0.25, 0.3) is 0 Å². The molecule has 9 nitrogen and oxygen atoms in total. The number of carbonyl (C=O) groups excluding carboxylic acids is 1. The number of cyclic esters (lactones) is 1.